The van der Waals surface area contributed by atoms with E-state index in [4.69, 9.17) is 4.74 Å². The molecule has 0 radical (unpaired) electrons. The first-order valence-corrected chi connectivity index (χ1v) is 6.22. The fourth-order valence-electron chi connectivity index (χ4n) is 2.64. The van der Waals surface area contributed by atoms with Gasteiger partial charge in [-0.2, -0.15) is 0 Å². The average Bonchev–Trinajstić information content (AvgIpc) is 3.02. The van der Waals surface area contributed by atoms with E-state index in [1.165, 1.54) is 12.8 Å². The molecule has 2 N–H and O–H groups in total. The van der Waals surface area contributed by atoms with E-state index in [2.05, 4.69) is 12.2 Å². The fourth-order valence-corrected chi connectivity index (χ4v) is 2.64. The van der Waals surface area contributed by atoms with Gasteiger partial charge in [-0.25, -0.2) is 0 Å². The highest BCUT2D eigenvalue weighted by Crippen LogP contribution is 2.35. The van der Waals surface area contributed by atoms with Crippen molar-refractivity contribution in [3.63, 3.8) is 0 Å². The van der Waals surface area contributed by atoms with Crippen LogP contribution in [0.15, 0.2) is 0 Å². The van der Waals surface area contributed by atoms with Crippen LogP contribution >= 0.6 is 0 Å². The number of hydrogen-bond donors (Lipinski definition) is 2. The van der Waals surface area contributed by atoms with Crippen LogP contribution in [-0.2, 0) is 4.74 Å². The molecule has 0 aromatic heterocycles. The molecule has 0 aromatic carbocycles. The summed E-state index contributed by atoms with van der Waals surface area (Å²) >= 11 is 0. The Morgan fingerprint density at radius 1 is 1.40 bits per heavy atom. The topological polar surface area (TPSA) is 41.5 Å². The Hall–Kier alpha value is -0.120. The molecule has 2 rings (SSSR count). The first kappa shape index (κ1) is 11.4. The van der Waals surface area contributed by atoms with Gasteiger partial charge in [-0.3, -0.25) is 0 Å². The Bertz CT molecular complexity index is 192. The normalized spacial score (nSPS) is 27.6. The highest BCUT2D eigenvalue weighted by molar-refractivity contribution is 4.95. The van der Waals surface area contributed by atoms with Crippen molar-refractivity contribution < 1.29 is 9.84 Å². The minimum absolute atomic E-state index is 0.148. The van der Waals surface area contributed by atoms with Crippen LogP contribution < -0.4 is 5.32 Å². The smallest absolute Gasteiger partial charge is 0.0483 e. The summed E-state index contributed by atoms with van der Waals surface area (Å²) in [6.45, 7) is 4.24. The Morgan fingerprint density at radius 3 is 2.60 bits per heavy atom. The van der Waals surface area contributed by atoms with Crippen molar-refractivity contribution in [3.8, 4) is 0 Å². The van der Waals surface area contributed by atoms with Gasteiger partial charge in [-0.05, 0) is 44.9 Å². The molecule has 0 spiro atoms. The fraction of sp³-hybridized carbons (Fsp3) is 1.00. The van der Waals surface area contributed by atoms with Gasteiger partial charge in [0.1, 0.15) is 0 Å². The summed E-state index contributed by atoms with van der Waals surface area (Å²) in [5.74, 6) is 0.878. The molecule has 1 saturated heterocycles. The Balaban J connectivity index is 1.90. The second kappa shape index (κ2) is 4.81. The average molecular weight is 213 g/mol. The van der Waals surface area contributed by atoms with Gasteiger partial charge < -0.3 is 15.2 Å². The van der Waals surface area contributed by atoms with Crippen LogP contribution in [0.3, 0.4) is 0 Å². The molecule has 0 bridgehead atoms. The molecule has 1 heterocycles. The quantitative estimate of drug-likeness (QED) is 0.723. The summed E-state index contributed by atoms with van der Waals surface area (Å²) in [6, 6.07) is 0.606. The lowest BCUT2D eigenvalue weighted by Gasteiger charge is -2.40. The zero-order valence-electron chi connectivity index (χ0n) is 9.67. The number of nitrogens with one attached hydrogen (secondary N) is 1. The van der Waals surface area contributed by atoms with Crippen molar-refractivity contribution >= 4 is 0 Å². The third-order valence-electron chi connectivity index (χ3n) is 3.90. The Labute approximate surface area is 92.2 Å². The lowest BCUT2D eigenvalue weighted by Crippen LogP contribution is -2.53. The zero-order chi connectivity index (χ0) is 10.7. The summed E-state index contributed by atoms with van der Waals surface area (Å²) < 4.78 is 5.41. The summed E-state index contributed by atoms with van der Waals surface area (Å²) in [6.07, 6.45) is 5.71. The maximum absolute atomic E-state index is 9.17. The van der Waals surface area contributed by atoms with Gasteiger partial charge in [0.15, 0.2) is 0 Å². The van der Waals surface area contributed by atoms with Gasteiger partial charge in [0.2, 0.25) is 0 Å². The molecular weight excluding hydrogens is 190 g/mol. The summed E-state index contributed by atoms with van der Waals surface area (Å²) in [5.41, 5.74) is 0.148. The van der Waals surface area contributed by atoms with Gasteiger partial charge >= 0.3 is 0 Å². The van der Waals surface area contributed by atoms with Crippen molar-refractivity contribution in [2.75, 3.05) is 19.8 Å². The molecule has 15 heavy (non-hydrogen) atoms. The van der Waals surface area contributed by atoms with E-state index in [0.717, 1.165) is 38.4 Å². The molecule has 1 aliphatic carbocycles. The first-order chi connectivity index (χ1) is 7.26. The predicted octanol–water partition coefficient (Wildman–Crippen LogP) is 1.31. The van der Waals surface area contributed by atoms with Crippen LogP contribution in [0.4, 0.5) is 0 Å². The van der Waals surface area contributed by atoms with Crippen molar-refractivity contribution in [3.05, 3.63) is 0 Å². The van der Waals surface area contributed by atoms with Gasteiger partial charge in [0, 0.05) is 31.4 Å². The van der Waals surface area contributed by atoms with E-state index < -0.39 is 0 Å². The van der Waals surface area contributed by atoms with E-state index in [1.807, 2.05) is 0 Å². The molecule has 1 aliphatic heterocycles. The van der Waals surface area contributed by atoms with Gasteiger partial charge in [0.25, 0.3) is 0 Å². The Kier molecular flexibility index (Phi) is 3.65. The predicted molar refractivity (Wildman–Crippen MR) is 59.8 cm³/mol. The molecule has 3 nitrogen and oxygen atoms in total. The van der Waals surface area contributed by atoms with Crippen LogP contribution in [0.5, 0.6) is 0 Å². The largest absolute Gasteiger partial charge is 0.396 e. The third-order valence-corrected chi connectivity index (χ3v) is 3.90. The van der Waals surface area contributed by atoms with Gasteiger partial charge in [-0.1, -0.05) is 0 Å². The third kappa shape index (κ3) is 2.92. The minimum atomic E-state index is 0.148. The summed E-state index contributed by atoms with van der Waals surface area (Å²) in [4.78, 5) is 0. The molecule has 1 atom stereocenters. The lowest BCUT2D eigenvalue weighted by molar-refractivity contribution is 0.0221. The number of aliphatic hydroxyl groups is 1. The molecule has 2 aliphatic rings. The van der Waals surface area contributed by atoms with Gasteiger partial charge in [0.05, 0.1) is 0 Å². The number of rotatable bonds is 5. The van der Waals surface area contributed by atoms with E-state index in [-0.39, 0.29) is 12.1 Å². The lowest BCUT2D eigenvalue weighted by atomic mass is 9.85. The van der Waals surface area contributed by atoms with Crippen LogP contribution in [0.2, 0.25) is 0 Å². The highest BCUT2D eigenvalue weighted by atomic mass is 16.5. The Morgan fingerprint density at radius 2 is 2.07 bits per heavy atom. The minimum Gasteiger partial charge on any atom is -0.396 e. The monoisotopic (exact) mass is 213 g/mol. The molecule has 0 aromatic rings. The van der Waals surface area contributed by atoms with Gasteiger partial charge in [-0.15, -0.1) is 0 Å². The molecule has 3 heteroatoms. The molecule has 2 fully saturated rings. The van der Waals surface area contributed by atoms with E-state index in [9.17, 15) is 5.11 Å². The molecule has 0 amide bonds. The number of aliphatic hydroxyl groups excluding tert-OH is 1. The number of hydrogen-bond acceptors (Lipinski definition) is 3. The highest BCUT2D eigenvalue weighted by Gasteiger charge is 2.37. The van der Waals surface area contributed by atoms with Crippen molar-refractivity contribution in [2.24, 2.45) is 5.92 Å². The maximum atomic E-state index is 9.17. The van der Waals surface area contributed by atoms with E-state index >= 15 is 0 Å². The van der Waals surface area contributed by atoms with Crippen LogP contribution in [0, 0.1) is 5.92 Å². The first-order valence-electron chi connectivity index (χ1n) is 6.22. The van der Waals surface area contributed by atoms with Crippen LogP contribution in [0.1, 0.15) is 39.0 Å². The molecular formula is C12H23NO2. The number of ether oxygens (including phenoxy) is 1. The SMILES string of the molecule is CC(NC1(CCO)CCOCC1)C1CC1. The van der Waals surface area contributed by atoms with Crippen LogP contribution in [0.25, 0.3) is 0 Å². The van der Waals surface area contributed by atoms with Crippen LogP contribution in [-0.4, -0.2) is 36.5 Å². The second-order valence-corrected chi connectivity index (χ2v) is 5.14. The summed E-state index contributed by atoms with van der Waals surface area (Å²) in [7, 11) is 0. The van der Waals surface area contributed by atoms with Crippen molar-refractivity contribution in [2.45, 2.75) is 50.6 Å². The molecule has 1 saturated carbocycles. The molecule has 1 unspecified atom stereocenters. The summed E-state index contributed by atoms with van der Waals surface area (Å²) in [5, 5.41) is 12.9. The van der Waals surface area contributed by atoms with Crippen molar-refractivity contribution in [1.29, 1.82) is 0 Å². The van der Waals surface area contributed by atoms with Crippen molar-refractivity contribution in [1.82, 2.24) is 5.32 Å². The second-order valence-electron chi connectivity index (χ2n) is 5.14. The molecule has 88 valence electrons. The zero-order valence-corrected chi connectivity index (χ0v) is 9.67. The standard InChI is InChI=1S/C12H23NO2/c1-10(11-2-3-11)13-12(4-7-14)5-8-15-9-6-12/h10-11,13-14H,2-9H2,1H3. The maximum Gasteiger partial charge on any atom is 0.0483 e. The van der Waals surface area contributed by atoms with E-state index in [0.29, 0.717) is 6.04 Å². The van der Waals surface area contributed by atoms with E-state index in [1.54, 1.807) is 0 Å².